The first-order chi connectivity index (χ1) is 22.1. The Morgan fingerprint density at radius 3 is 2.36 bits per heavy atom. The van der Waals surface area contributed by atoms with Crippen molar-refractivity contribution in [3.63, 3.8) is 0 Å². The van der Waals surface area contributed by atoms with Gasteiger partial charge in [0.05, 0.1) is 24.6 Å². The first kappa shape index (κ1) is 32.1. The van der Waals surface area contributed by atoms with E-state index in [0.29, 0.717) is 18.5 Å². The summed E-state index contributed by atoms with van der Waals surface area (Å²) in [6.07, 6.45) is 2.07. The Hall–Kier alpha value is -3.44. The van der Waals surface area contributed by atoms with Gasteiger partial charge in [0, 0.05) is 29.4 Å². The van der Waals surface area contributed by atoms with Gasteiger partial charge in [-0.3, -0.25) is 9.59 Å². The second-order valence-electron chi connectivity index (χ2n) is 14.7. The standard InChI is InChI=1S/C36H42N4O6.ClH/c1-21(41)30-33-26-9-5-11-28(32(26)34(36(44)45)38(33)35(30)43)46-27-10-4-8-25-23(22-6-2-3-7-24(22)31(25)27)12-13-39-14-17-40(18-15-39,19-16-39)20-29(37)42;/h2-4,6-8,10,21,23,26,28,30,33,41H,5,9,11-20H2,1H3,(H-2,37,42,44,45);1H/p+2/t21?,23?,26-,28?,30?,33?,39?,40?;/m0./s1. The van der Waals surface area contributed by atoms with Crippen molar-refractivity contribution in [2.75, 3.05) is 52.4 Å². The summed E-state index contributed by atoms with van der Waals surface area (Å²) in [5, 5.41) is 20.7. The maximum Gasteiger partial charge on any atom is 0.352 e. The normalized spacial score (nSPS) is 33.6. The summed E-state index contributed by atoms with van der Waals surface area (Å²) in [5.41, 5.74) is 11.2. The van der Waals surface area contributed by atoms with Crippen LogP contribution in [0.15, 0.2) is 53.7 Å². The molecule has 2 aromatic carbocycles. The number of carbonyl (C=O) groups excluding carboxylic acids is 2. The number of benzene rings is 2. The lowest BCUT2D eigenvalue weighted by molar-refractivity contribution is -1.08. The number of carboxylic acid groups (broad SMARTS) is 1. The highest BCUT2D eigenvalue weighted by molar-refractivity contribution is 6.00. The van der Waals surface area contributed by atoms with E-state index >= 15 is 0 Å². The molecule has 10 nitrogen and oxygen atoms in total. The van der Waals surface area contributed by atoms with Gasteiger partial charge in [-0.2, -0.15) is 0 Å². The van der Waals surface area contributed by atoms with Crippen LogP contribution in [0.3, 0.4) is 0 Å². The molecule has 2 aromatic rings. The number of quaternary nitrogens is 2. The molecular formula is C36H45ClN4O6+2. The molecule has 0 radical (unpaired) electrons. The quantitative estimate of drug-likeness (QED) is 0.279. The van der Waals surface area contributed by atoms with E-state index in [-0.39, 0.29) is 47.8 Å². The Morgan fingerprint density at radius 2 is 1.68 bits per heavy atom. The van der Waals surface area contributed by atoms with Crippen LogP contribution in [0.4, 0.5) is 0 Å². The number of nitrogens with zero attached hydrogens (tertiary/aromatic N) is 3. The van der Waals surface area contributed by atoms with Crippen LogP contribution in [0.2, 0.25) is 0 Å². The number of carbonyl (C=O) groups is 3. The van der Waals surface area contributed by atoms with Crippen molar-refractivity contribution in [3.05, 3.63) is 64.9 Å². The van der Waals surface area contributed by atoms with E-state index in [2.05, 4.69) is 36.4 Å². The van der Waals surface area contributed by atoms with Crippen molar-refractivity contribution in [2.24, 2.45) is 17.6 Å². The Balaban J connectivity index is 0.00000351. The molecule has 47 heavy (non-hydrogen) atoms. The number of aliphatic carboxylic acids is 1. The molecule has 4 saturated heterocycles. The van der Waals surface area contributed by atoms with Crippen LogP contribution < -0.4 is 10.5 Å². The highest BCUT2D eigenvalue weighted by atomic mass is 35.5. The summed E-state index contributed by atoms with van der Waals surface area (Å²) in [6, 6.07) is 14.5. The number of halogens is 1. The number of piperazine rings is 3. The van der Waals surface area contributed by atoms with Gasteiger partial charge in [-0.1, -0.05) is 36.4 Å². The molecule has 2 bridgehead atoms. The molecule has 1 saturated carbocycles. The summed E-state index contributed by atoms with van der Waals surface area (Å²) < 4.78 is 8.82. The van der Waals surface area contributed by atoms with Crippen LogP contribution in [-0.2, 0) is 14.4 Å². The summed E-state index contributed by atoms with van der Waals surface area (Å²) in [4.78, 5) is 38.8. The van der Waals surface area contributed by atoms with E-state index in [1.54, 1.807) is 6.92 Å². The van der Waals surface area contributed by atoms with Crippen LogP contribution in [0.25, 0.3) is 11.1 Å². The first-order valence-electron chi connectivity index (χ1n) is 17.0. The molecule has 5 unspecified atom stereocenters. The number of hydrogen-bond acceptors (Lipinski definition) is 5. The van der Waals surface area contributed by atoms with Gasteiger partial charge >= 0.3 is 5.97 Å². The molecule has 0 aromatic heterocycles. The van der Waals surface area contributed by atoms with Crippen LogP contribution in [-0.4, -0.2) is 112 Å². The predicted octanol–water partition coefficient (Wildman–Crippen LogP) is 2.86. The summed E-state index contributed by atoms with van der Waals surface area (Å²) in [6.45, 7) is 9.43. The highest BCUT2D eigenvalue weighted by Gasteiger charge is 2.62. The maximum absolute atomic E-state index is 13.0. The van der Waals surface area contributed by atoms with Gasteiger partial charge in [-0.15, -0.1) is 12.4 Å². The van der Waals surface area contributed by atoms with Gasteiger partial charge in [0.2, 0.25) is 5.91 Å². The Kier molecular flexibility index (Phi) is 7.94. The van der Waals surface area contributed by atoms with Crippen molar-refractivity contribution >= 4 is 30.2 Å². The molecule has 250 valence electrons. The Labute approximate surface area is 281 Å². The van der Waals surface area contributed by atoms with Gasteiger partial charge in [-0.05, 0) is 48.9 Å². The summed E-state index contributed by atoms with van der Waals surface area (Å²) >= 11 is 0. The number of aliphatic hydroxyl groups is 1. The van der Waals surface area contributed by atoms with Crippen LogP contribution in [0.1, 0.15) is 49.7 Å². The number of aliphatic hydroxyl groups excluding tert-OH is 1. The number of nitrogens with two attached hydrogens (primary N) is 1. The third-order valence-electron chi connectivity index (χ3n) is 12.4. The second kappa shape index (κ2) is 11.6. The van der Waals surface area contributed by atoms with Crippen molar-refractivity contribution in [1.29, 1.82) is 0 Å². The fourth-order valence-electron chi connectivity index (χ4n) is 10.1. The number of hydrogen-bond donors (Lipinski definition) is 3. The summed E-state index contributed by atoms with van der Waals surface area (Å²) in [7, 11) is 0. The number of amides is 2. The first-order valence-corrected chi connectivity index (χ1v) is 17.0. The van der Waals surface area contributed by atoms with Crippen molar-refractivity contribution < 1.29 is 38.3 Å². The molecule has 7 aliphatic rings. The fourth-order valence-corrected chi connectivity index (χ4v) is 10.1. The van der Waals surface area contributed by atoms with E-state index in [0.717, 1.165) is 85.4 Å². The molecule has 2 amide bonds. The molecule has 11 heteroatoms. The fraction of sp³-hybridized carbons (Fsp3) is 0.528. The maximum atomic E-state index is 13.0. The van der Waals surface area contributed by atoms with E-state index < -0.39 is 24.1 Å². The van der Waals surface area contributed by atoms with E-state index in [1.165, 1.54) is 21.6 Å². The van der Waals surface area contributed by atoms with Gasteiger partial charge in [0.1, 0.15) is 56.8 Å². The lowest BCUT2D eigenvalue weighted by Crippen LogP contribution is -2.76. The average Bonchev–Trinajstić information content (AvgIpc) is 3.52. The van der Waals surface area contributed by atoms with Crippen LogP contribution in [0.5, 0.6) is 5.75 Å². The zero-order valence-corrected chi connectivity index (χ0v) is 27.7. The Bertz CT molecular complexity index is 1650. The second-order valence-corrected chi connectivity index (χ2v) is 14.7. The molecule has 4 N–H and O–H groups in total. The van der Waals surface area contributed by atoms with Gasteiger partial charge in [0.15, 0.2) is 6.54 Å². The van der Waals surface area contributed by atoms with Crippen molar-refractivity contribution in [1.82, 2.24) is 4.90 Å². The number of carboxylic acids is 1. The van der Waals surface area contributed by atoms with E-state index in [4.69, 9.17) is 10.5 Å². The number of β-lactam (4-membered cyclic amide) rings is 1. The molecular weight excluding hydrogens is 620 g/mol. The highest BCUT2D eigenvalue weighted by Crippen LogP contribution is 2.55. The SMILES string of the molecule is CC(O)C1C(=O)N2C(C(=O)O)=C3C(Oc4cccc5c4-c4ccccc4C5CC[N+]45CC[N+](CC(N)=O)(CC4)CC5)CCC[C@@H]3C12.Cl. The zero-order valence-electron chi connectivity index (χ0n) is 26.8. The third-order valence-corrected chi connectivity index (χ3v) is 12.4. The van der Waals surface area contributed by atoms with Crippen LogP contribution in [0, 0.1) is 11.8 Å². The molecule has 0 spiro atoms. The van der Waals surface area contributed by atoms with Gasteiger partial charge < -0.3 is 34.5 Å². The number of primary amides is 1. The lowest BCUT2D eigenvalue weighted by Gasteiger charge is -2.55. The Morgan fingerprint density at radius 1 is 1.00 bits per heavy atom. The number of ether oxygens (including phenoxy) is 1. The third kappa shape index (κ3) is 4.90. The molecule has 2 aliphatic carbocycles. The van der Waals surface area contributed by atoms with Gasteiger partial charge in [-0.25, -0.2) is 4.79 Å². The lowest BCUT2D eigenvalue weighted by atomic mass is 9.71. The minimum Gasteiger partial charge on any atom is -0.485 e. The van der Waals surface area contributed by atoms with E-state index in [1.807, 2.05) is 6.07 Å². The predicted molar refractivity (Wildman–Crippen MR) is 176 cm³/mol. The molecule has 6 atom stereocenters. The zero-order chi connectivity index (χ0) is 32.0. The largest absolute Gasteiger partial charge is 0.485 e. The molecule has 5 aliphatic heterocycles. The van der Waals surface area contributed by atoms with Crippen molar-refractivity contribution in [2.45, 2.75) is 56.8 Å². The number of fused-ring (bicyclic) bond motifs is 9. The molecule has 5 heterocycles. The summed E-state index contributed by atoms with van der Waals surface area (Å²) in [5.74, 6) is -1.31. The average molecular weight is 665 g/mol. The minimum absolute atomic E-state index is 0. The molecule has 5 fully saturated rings. The van der Waals surface area contributed by atoms with Gasteiger partial charge in [0.25, 0.3) is 5.91 Å². The van der Waals surface area contributed by atoms with Crippen molar-refractivity contribution in [3.8, 4) is 16.9 Å². The smallest absolute Gasteiger partial charge is 0.352 e. The minimum atomic E-state index is -1.10. The topological polar surface area (TPSA) is 130 Å². The number of rotatable bonds is 9. The monoisotopic (exact) mass is 664 g/mol. The van der Waals surface area contributed by atoms with Crippen LogP contribution >= 0.6 is 12.4 Å². The molecule has 9 rings (SSSR count). The van der Waals surface area contributed by atoms with E-state index in [9.17, 15) is 24.6 Å².